The van der Waals surface area contributed by atoms with Crippen LogP contribution in [0.15, 0.2) is 36.7 Å². The van der Waals surface area contributed by atoms with Gasteiger partial charge in [-0.25, -0.2) is 4.98 Å². The van der Waals surface area contributed by atoms with E-state index in [4.69, 9.17) is 0 Å². The van der Waals surface area contributed by atoms with Crippen LogP contribution in [0.2, 0.25) is 0 Å². The highest BCUT2D eigenvalue weighted by Crippen LogP contribution is 2.09. The number of hydrogen-bond donors (Lipinski definition) is 0. The Labute approximate surface area is 120 Å². The molecule has 18 heavy (non-hydrogen) atoms. The maximum Gasteiger partial charge on any atom is 0.182 e. The Balaban J connectivity index is 2.11. The van der Waals surface area contributed by atoms with Gasteiger partial charge in [-0.3, -0.25) is 4.79 Å². The first-order chi connectivity index (χ1) is 8.70. The van der Waals surface area contributed by atoms with Crippen molar-refractivity contribution in [1.29, 1.82) is 0 Å². The van der Waals surface area contributed by atoms with Gasteiger partial charge in [-0.15, -0.1) is 0 Å². The lowest BCUT2D eigenvalue weighted by Gasteiger charge is -2.06. The van der Waals surface area contributed by atoms with Gasteiger partial charge in [0.15, 0.2) is 5.78 Å². The molecule has 0 saturated heterocycles. The second-order valence-electron chi connectivity index (χ2n) is 4.15. The van der Waals surface area contributed by atoms with Crippen molar-refractivity contribution in [2.75, 3.05) is 0 Å². The van der Waals surface area contributed by atoms with E-state index in [-0.39, 0.29) is 5.78 Å². The highest BCUT2D eigenvalue weighted by Gasteiger charge is 2.09. The molecule has 0 spiro atoms. The van der Waals surface area contributed by atoms with E-state index in [9.17, 15) is 4.79 Å². The Bertz CT molecular complexity index is 531. The van der Waals surface area contributed by atoms with Gasteiger partial charge in [0.2, 0.25) is 0 Å². The van der Waals surface area contributed by atoms with E-state index >= 15 is 0 Å². The number of benzene rings is 1. The molecule has 0 N–H and O–H groups in total. The van der Waals surface area contributed by atoms with E-state index < -0.39 is 0 Å². The number of carbonyl (C=O) groups is 1. The molecule has 0 radical (unpaired) electrons. The zero-order valence-electron chi connectivity index (χ0n) is 10.3. The van der Waals surface area contributed by atoms with Crippen molar-refractivity contribution in [3.63, 3.8) is 0 Å². The van der Waals surface area contributed by atoms with Gasteiger partial charge in [-0.1, -0.05) is 19.1 Å². The van der Waals surface area contributed by atoms with Crippen molar-refractivity contribution in [2.45, 2.75) is 26.3 Å². The summed E-state index contributed by atoms with van der Waals surface area (Å²) >= 11 is 2.23. The summed E-state index contributed by atoms with van der Waals surface area (Å²) in [6.45, 7) is 2.48. The first-order valence-corrected chi connectivity index (χ1v) is 7.07. The lowest BCUT2D eigenvalue weighted by Crippen LogP contribution is -2.12. The van der Waals surface area contributed by atoms with E-state index in [1.807, 2.05) is 35.0 Å². The first-order valence-electron chi connectivity index (χ1n) is 5.99. The normalized spacial score (nSPS) is 10.6. The van der Waals surface area contributed by atoms with E-state index in [0.29, 0.717) is 6.54 Å². The summed E-state index contributed by atoms with van der Waals surface area (Å²) in [6.07, 6.45) is 5.57. The fourth-order valence-corrected chi connectivity index (χ4v) is 2.18. The molecule has 0 aliphatic heterocycles. The molecular weight excluding hydrogens is 339 g/mol. The average Bonchev–Trinajstić information content (AvgIpc) is 2.78. The van der Waals surface area contributed by atoms with Crippen molar-refractivity contribution in [3.8, 4) is 0 Å². The summed E-state index contributed by atoms with van der Waals surface area (Å²) in [5.74, 6) is 1.11. The average molecular weight is 354 g/mol. The van der Waals surface area contributed by atoms with Gasteiger partial charge in [0, 0.05) is 27.9 Å². The van der Waals surface area contributed by atoms with Crippen LogP contribution in [0.3, 0.4) is 0 Å². The molecule has 1 aromatic heterocycles. The molecule has 2 rings (SSSR count). The van der Waals surface area contributed by atoms with Gasteiger partial charge in [-0.2, -0.15) is 0 Å². The van der Waals surface area contributed by atoms with Gasteiger partial charge in [0.1, 0.15) is 5.82 Å². The number of hydrogen-bond acceptors (Lipinski definition) is 2. The quantitative estimate of drug-likeness (QED) is 0.610. The standard InChI is InChI=1S/C14H15IN2O/c1-2-3-14-16-8-9-17(14)10-13(18)11-4-6-12(15)7-5-11/h4-9H,2-3,10H2,1H3. The van der Waals surface area contributed by atoms with Crippen LogP contribution in [0.5, 0.6) is 0 Å². The van der Waals surface area contributed by atoms with E-state index in [1.165, 1.54) is 0 Å². The van der Waals surface area contributed by atoms with Crippen LogP contribution >= 0.6 is 22.6 Å². The molecule has 0 amide bonds. The zero-order chi connectivity index (χ0) is 13.0. The molecule has 0 aliphatic rings. The Morgan fingerprint density at radius 2 is 2.06 bits per heavy atom. The predicted molar refractivity (Wildman–Crippen MR) is 79.7 cm³/mol. The molecule has 0 saturated carbocycles. The minimum Gasteiger partial charge on any atom is -0.327 e. The third kappa shape index (κ3) is 3.19. The summed E-state index contributed by atoms with van der Waals surface area (Å²) in [5, 5.41) is 0. The van der Waals surface area contributed by atoms with Crippen LogP contribution in [0.25, 0.3) is 0 Å². The molecular formula is C14H15IN2O. The number of nitrogens with zero attached hydrogens (tertiary/aromatic N) is 2. The molecule has 0 fully saturated rings. The topological polar surface area (TPSA) is 34.9 Å². The highest BCUT2D eigenvalue weighted by molar-refractivity contribution is 14.1. The summed E-state index contributed by atoms with van der Waals surface area (Å²) in [5.41, 5.74) is 0.756. The Hall–Kier alpha value is -1.17. The van der Waals surface area contributed by atoms with Crippen molar-refractivity contribution < 1.29 is 4.79 Å². The largest absolute Gasteiger partial charge is 0.327 e. The Kier molecular flexibility index (Phi) is 4.52. The Morgan fingerprint density at radius 1 is 1.33 bits per heavy atom. The molecule has 94 valence electrons. The maximum absolute atomic E-state index is 12.1. The second kappa shape index (κ2) is 6.13. The minimum atomic E-state index is 0.127. The maximum atomic E-state index is 12.1. The highest BCUT2D eigenvalue weighted by atomic mass is 127. The van der Waals surface area contributed by atoms with Crippen LogP contribution in [-0.4, -0.2) is 15.3 Å². The van der Waals surface area contributed by atoms with Gasteiger partial charge < -0.3 is 4.57 Å². The molecule has 0 atom stereocenters. The molecule has 3 nitrogen and oxygen atoms in total. The van der Waals surface area contributed by atoms with Crippen LogP contribution in [0.1, 0.15) is 29.5 Å². The van der Waals surface area contributed by atoms with Crippen LogP contribution in [-0.2, 0) is 13.0 Å². The summed E-state index contributed by atoms with van der Waals surface area (Å²) in [7, 11) is 0. The second-order valence-corrected chi connectivity index (χ2v) is 5.40. The number of aromatic nitrogens is 2. The van der Waals surface area contributed by atoms with Crippen LogP contribution in [0.4, 0.5) is 0 Å². The predicted octanol–water partition coefficient (Wildman–Crippen LogP) is 3.32. The third-order valence-electron chi connectivity index (χ3n) is 2.76. The van der Waals surface area contributed by atoms with Crippen molar-refractivity contribution >= 4 is 28.4 Å². The lowest BCUT2D eigenvalue weighted by atomic mass is 10.1. The molecule has 2 aromatic rings. The van der Waals surface area contributed by atoms with Crippen molar-refractivity contribution in [1.82, 2.24) is 9.55 Å². The molecule has 0 aliphatic carbocycles. The fourth-order valence-electron chi connectivity index (χ4n) is 1.82. The molecule has 0 bridgehead atoms. The van der Waals surface area contributed by atoms with E-state index in [1.54, 1.807) is 6.20 Å². The molecule has 4 heteroatoms. The summed E-state index contributed by atoms with van der Waals surface area (Å²) in [6, 6.07) is 7.66. The number of imidazole rings is 1. The summed E-state index contributed by atoms with van der Waals surface area (Å²) in [4.78, 5) is 16.4. The minimum absolute atomic E-state index is 0.127. The van der Waals surface area contributed by atoms with E-state index in [0.717, 1.165) is 27.8 Å². The number of aryl methyl sites for hydroxylation is 1. The van der Waals surface area contributed by atoms with E-state index in [2.05, 4.69) is 34.5 Å². The number of halogens is 1. The zero-order valence-corrected chi connectivity index (χ0v) is 12.4. The number of Topliss-reactive ketones (excluding diaryl/α,β-unsaturated/α-hetero) is 1. The molecule has 1 heterocycles. The van der Waals surface area contributed by atoms with Gasteiger partial charge >= 0.3 is 0 Å². The number of carbonyl (C=O) groups excluding carboxylic acids is 1. The smallest absolute Gasteiger partial charge is 0.182 e. The lowest BCUT2D eigenvalue weighted by molar-refractivity contribution is 0.0971. The molecule has 1 aromatic carbocycles. The molecule has 0 unspecified atom stereocenters. The Morgan fingerprint density at radius 3 is 2.72 bits per heavy atom. The van der Waals surface area contributed by atoms with Crippen molar-refractivity contribution in [3.05, 3.63) is 51.6 Å². The monoisotopic (exact) mass is 354 g/mol. The van der Waals surface area contributed by atoms with Gasteiger partial charge in [0.05, 0.1) is 6.54 Å². The van der Waals surface area contributed by atoms with Gasteiger partial charge in [0.25, 0.3) is 0 Å². The SMILES string of the molecule is CCCc1nccn1CC(=O)c1ccc(I)cc1. The van der Waals surface area contributed by atoms with Crippen LogP contribution < -0.4 is 0 Å². The summed E-state index contributed by atoms with van der Waals surface area (Å²) < 4.78 is 3.07. The number of ketones is 1. The third-order valence-corrected chi connectivity index (χ3v) is 3.47. The van der Waals surface area contributed by atoms with Gasteiger partial charge in [-0.05, 0) is 41.1 Å². The number of rotatable bonds is 5. The van der Waals surface area contributed by atoms with Crippen molar-refractivity contribution in [2.24, 2.45) is 0 Å². The van der Waals surface area contributed by atoms with Crippen LogP contribution in [0, 0.1) is 3.57 Å². The fraction of sp³-hybridized carbons (Fsp3) is 0.286. The first kappa shape index (κ1) is 13.3.